The quantitative estimate of drug-likeness (QED) is 0.500. The average Bonchev–Trinajstić information content (AvgIpc) is 2.09. The maximum Gasteiger partial charge on any atom is 0.323 e. The van der Waals surface area contributed by atoms with Crippen LogP contribution in [0.2, 0.25) is 5.15 Å². The molecular weight excluding hydrogens is 184 g/mol. The minimum absolute atomic E-state index is 0.0624. The lowest BCUT2D eigenvalue weighted by Gasteiger charge is -2.04. The van der Waals surface area contributed by atoms with Gasteiger partial charge in [0.05, 0.1) is 25.4 Å². The van der Waals surface area contributed by atoms with E-state index in [0.29, 0.717) is 5.75 Å². The molecule has 0 saturated carbocycles. The molecule has 0 N–H and O–H groups in total. The van der Waals surface area contributed by atoms with Crippen molar-refractivity contribution in [2.45, 2.75) is 0 Å². The zero-order valence-corrected chi connectivity index (χ0v) is 7.33. The van der Waals surface area contributed by atoms with Crippen molar-refractivity contribution >= 4 is 11.6 Å². The Hall–Kier alpha value is -1.23. The molecule has 1 rings (SSSR count). The molecule has 0 amide bonds. The Kier molecular flexibility index (Phi) is 2.54. The highest BCUT2D eigenvalue weighted by atomic mass is 35.5. The molecule has 1 heterocycles. The van der Waals surface area contributed by atoms with Gasteiger partial charge in [-0.3, -0.25) is 0 Å². The van der Waals surface area contributed by atoms with E-state index in [0.717, 1.165) is 0 Å². The first-order valence-electron chi connectivity index (χ1n) is 3.07. The minimum atomic E-state index is -0.0624. The van der Waals surface area contributed by atoms with Gasteiger partial charge in [-0.25, -0.2) is 0 Å². The van der Waals surface area contributed by atoms with Gasteiger partial charge in [-0.05, 0) is 16.4 Å². The molecular formula is C6H7ClN2O3. The van der Waals surface area contributed by atoms with Crippen LogP contribution >= 0.6 is 11.6 Å². The van der Waals surface area contributed by atoms with Gasteiger partial charge in [0.15, 0.2) is 5.75 Å². The van der Waals surface area contributed by atoms with Gasteiger partial charge in [0.1, 0.15) is 0 Å². The molecule has 1 aromatic heterocycles. The predicted molar refractivity (Wildman–Crippen MR) is 41.3 cm³/mol. The standard InChI is InChI=1S/C6H7ClN2O3/c1-11-4-3-5(7)9(10)8-6(4)12-2/h3H,1-2H3. The number of hydrogen-bond acceptors (Lipinski definition) is 4. The van der Waals surface area contributed by atoms with Crippen molar-refractivity contribution in [1.82, 2.24) is 5.10 Å². The van der Waals surface area contributed by atoms with E-state index in [1.165, 1.54) is 20.3 Å². The van der Waals surface area contributed by atoms with Crippen molar-refractivity contribution in [3.63, 3.8) is 0 Å². The molecule has 6 heteroatoms. The second kappa shape index (κ2) is 3.44. The van der Waals surface area contributed by atoms with Crippen molar-refractivity contribution in [3.05, 3.63) is 16.4 Å². The Morgan fingerprint density at radius 2 is 2.17 bits per heavy atom. The van der Waals surface area contributed by atoms with E-state index in [-0.39, 0.29) is 15.9 Å². The fourth-order valence-electron chi connectivity index (χ4n) is 0.692. The molecule has 0 atom stereocenters. The molecule has 66 valence electrons. The molecule has 0 unspecified atom stereocenters. The molecule has 0 aliphatic heterocycles. The third kappa shape index (κ3) is 1.50. The molecule has 1 aromatic rings. The van der Waals surface area contributed by atoms with Gasteiger partial charge in [0.25, 0.3) is 0 Å². The third-order valence-electron chi connectivity index (χ3n) is 1.24. The Morgan fingerprint density at radius 3 is 2.67 bits per heavy atom. The molecule has 0 aromatic carbocycles. The monoisotopic (exact) mass is 190 g/mol. The summed E-state index contributed by atoms with van der Waals surface area (Å²) in [5, 5.41) is 14.2. The number of halogens is 1. The van der Waals surface area contributed by atoms with Gasteiger partial charge >= 0.3 is 11.0 Å². The Morgan fingerprint density at radius 1 is 1.50 bits per heavy atom. The number of hydrogen-bond donors (Lipinski definition) is 0. The van der Waals surface area contributed by atoms with Gasteiger partial charge < -0.3 is 14.7 Å². The molecule has 0 aliphatic carbocycles. The van der Waals surface area contributed by atoms with Crippen molar-refractivity contribution in [2.75, 3.05) is 14.2 Å². The van der Waals surface area contributed by atoms with E-state index >= 15 is 0 Å². The fourth-order valence-corrected chi connectivity index (χ4v) is 0.829. The number of aromatic nitrogens is 2. The van der Waals surface area contributed by atoms with Crippen LogP contribution in [0.3, 0.4) is 0 Å². The second-order valence-corrected chi connectivity index (χ2v) is 2.30. The summed E-state index contributed by atoms with van der Waals surface area (Å²) in [7, 11) is 2.82. The summed E-state index contributed by atoms with van der Waals surface area (Å²) in [4.78, 5) is 0.253. The van der Waals surface area contributed by atoms with Crippen LogP contribution in [0.1, 0.15) is 0 Å². The molecule has 0 spiro atoms. The highest BCUT2D eigenvalue weighted by Crippen LogP contribution is 2.23. The van der Waals surface area contributed by atoms with E-state index in [4.69, 9.17) is 21.1 Å². The lowest BCUT2D eigenvalue weighted by molar-refractivity contribution is -0.667. The summed E-state index contributed by atoms with van der Waals surface area (Å²) in [5.41, 5.74) is 0. The van der Waals surface area contributed by atoms with E-state index in [1.807, 2.05) is 0 Å². The van der Waals surface area contributed by atoms with Crippen LogP contribution in [0, 0.1) is 5.21 Å². The van der Waals surface area contributed by atoms with E-state index in [2.05, 4.69) is 5.10 Å². The van der Waals surface area contributed by atoms with Gasteiger partial charge in [0, 0.05) is 0 Å². The Labute approximate surface area is 74.1 Å². The number of methoxy groups -OCH3 is 2. The summed E-state index contributed by atoms with van der Waals surface area (Å²) in [6.45, 7) is 0. The van der Waals surface area contributed by atoms with E-state index in [9.17, 15) is 5.21 Å². The van der Waals surface area contributed by atoms with Crippen LogP contribution in [0.5, 0.6) is 11.6 Å². The topological polar surface area (TPSA) is 58.3 Å². The van der Waals surface area contributed by atoms with Crippen LogP contribution in [0.15, 0.2) is 6.07 Å². The lowest BCUT2D eigenvalue weighted by atomic mass is 10.5. The molecule has 0 radical (unpaired) electrons. The van der Waals surface area contributed by atoms with Crippen LogP contribution < -0.4 is 14.3 Å². The molecule has 0 saturated heterocycles. The summed E-state index contributed by atoms with van der Waals surface area (Å²) in [5.74, 6) is 0.437. The van der Waals surface area contributed by atoms with Crippen molar-refractivity contribution in [1.29, 1.82) is 0 Å². The first-order chi connectivity index (χ1) is 5.69. The molecule has 5 nitrogen and oxygen atoms in total. The normalized spacial score (nSPS) is 9.58. The van der Waals surface area contributed by atoms with Gasteiger partial charge in [0.2, 0.25) is 0 Å². The van der Waals surface area contributed by atoms with Crippen LogP contribution in [0.4, 0.5) is 0 Å². The highest BCUT2D eigenvalue weighted by molar-refractivity contribution is 6.28. The lowest BCUT2D eigenvalue weighted by Crippen LogP contribution is -2.32. The minimum Gasteiger partial charge on any atom is -0.593 e. The third-order valence-corrected chi connectivity index (χ3v) is 1.49. The SMILES string of the molecule is COc1cc(Cl)[n+]([O-])nc1OC. The first-order valence-corrected chi connectivity index (χ1v) is 3.45. The average molecular weight is 191 g/mol. The van der Waals surface area contributed by atoms with Crippen LogP contribution in [-0.2, 0) is 0 Å². The van der Waals surface area contributed by atoms with Crippen LogP contribution in [-0.4, -0.2) is 19.3 Å². The Bertz CT molecular complexity index is 263. The zero-order valence-electron chi connectivity index (χ0n) is 6.57. The van der Waals surface area contributed by atoms with Gasteiger partial charge in [-0.15, -0.1) is 0 Å². The summed E-state index contributed by atoms with van der Waals surface area (Å²) in [6.07, 6.45) is 0. The second-order valence-electron chi connectivity index (χ2n) is 1.92. The van der Waals surface area contributed by atoms with Crippen molar-refractivity contribution in [3.8, 4) is 11.6 Å². The molecule has 0 fully saturated rings. The maximum absolute atomic E-state index is 10.8. The predicted octanol–water partition coefficient (Wildman–Crippen LogP) is 0.386. The summed E-state index contributed by atoms with van der Waals surface area (Å²) >= 11 is 5.47. The first kappa shape index (κ1) is 8.86. The summed E-state index contributed by atoms with van der Waals surface area (Å²) in [6, 6.07) is 1.33. The molecule has 0 aliphatic rings. The van der Waals surface area contributed by atoms with Crippen LogP contribution in [0.25, 0.3) is 0 Å². The largest absolute Gasteiger partial charge is 0.593 e. The number of rotatable bonds is 2. The molecule has 12 heavy (non-hydrogen) atoms. The van der Waals surface area contributed by atoms with Gasteiger partial charge in [-0.2, -0.15) is 0 Å². The maximum atomic E-state index is 10.8. The smallest absolute Gasteiger partial charge is 0.323 e. The summed E-state index contributed by atoms with van der Waals surface area (Å²) < 4.78 is 9.60. The Balaban J connectivity index is 3.19. The van der Waals surface area contributed by atoms with Crippen molar-refractivity contribution in [2.24, 2.45) is 0 Å². The molecule has 0 bridgehead atoms. The zero-order chi connectivity index (χ0) is 9.14. The van der Waals surface area contributed by atoms with E-state index in [1.54, 1.807) is 0 Å². The fraction of sp³-hybridized carbons (Fsp3) is 0.333. The van der Waals surface area contributed by atoms with Gasteiger partial charge in [-0.1, -0.05) is 0 Å². The van der Waals surface area contributed by atoms with E-state index < -0.39 is 0 Å². The van der Waals surface area contributed by atoms with Crippen molar-refractivity contribution < 1.29 is 14.3 Å². The number of ether oxygens (including phenoxy) is 2. The highest BCUT2D eigenvalue weighted by Gasteiger charge is 2.14. The number of nitrogens with zero attached hydrogens (tertiary/aromatic N) is 2.